The molecule has 0 fully saturated rings. The maximum Gasteiger partial charge on any atom is 0.241 e. The highest BCUT2D eigenvalue weighted by Gasteiger charge is 2.16. The van der Waals surface area contributed by atoms with E-state index in [-0.39, 0.29) is 30.9 Å². The summed E-state index contributed by atoms with van der Waals surface area (Å²) in [4.78, 5) is 10.6. The number of sulfonamides is 1. The number of nitrogens with one attached hydrogen (secondary N) is 1. The first-order chi connectivity index (χ1) is 9.47. The molecule has 0 atom stereocenters. The summed E-state index contributed by atoms with van der Waals surface area (Å²) in [5.74, 6) is 4.79. The molecular weight excluding hydrogens is 280 g/mol. The van der Waals surface area contributed by atoms with Gasteiger partial charge in [0.2, 0.25) is 15.9 Å². The van der Waals surface area contributed by atoms with Crippen molar-refractivity contribution >= 4 is 15.9 Å². The molecule has 108 valence electrons. The number of rotatable bonds is 6. The van der Waals surface area contributed by atoms with Crippen LogP contribution in [0.4, 0.5) is 0 Å². The van der Waals surface area contributed by atoms with Gasteiger partial charge in [0.05, 0.1) is 11.5 Å². The van der Waals surface area contributed by atoms with Crippen LogP contribution in [0.3, 0.4) is 0 Å². The Labute approximate surface area is 118 Å². The minimum atomic E-state index is -3.75. The number of hydrogen-bond donors (Lipinski definition) is 3. The van der Waals surface area contributed by atoms with Gasteiger partial charge in [0.15, 0.2) is 0 Å². The first kappa shape index (κ1) is 16.2. The van der Waals surface area contributed by atoms with Gasteiger partial charge in [0.1, 0.15) is 0 Å². The molecule has 20 heavy (non-hydrogen) atoms. The molecule has 1 amide bonds. The number of aliphatic hydroxyl groups is 1. The van der Waals surface area contributed by atoms with Crippen LogP contribution in [0, 0.1) is 11.8 Å². The van der Waals surface area contributed by atoms with Gasteiger partial charge in [-0.05, 0) is 12.1 Å². The standard InChI is InChI=1S/C13H16N2O4S/c14-13(17)8-9-15-20(18,19)12-7-2-1-5-11(12)6-3-4-10-16/h1-2,5,7,15-16H,4,8-10H2,(H2,14,17). The molecule has 0 aliphatic heterocycles. The quantitative estimate of drug-likeness (QED) is 0.619. The van der Waals surface area contributed by atoms with E-state index < -0.39 is 15.9 Å². The average molecular weight is 296 g/mol. The fraction of sp³-hybridized carbons (Fsp3) is 0.308. The summed E-state index contributed by atoms with van der Waals surface area (Å²) in [7, 11) is -3.75. The van der Waals surface area contributed by atoms with Crippen molar-refractivity contribution < 1.29 is 18.3 Å². The van der Waals surface area contributed by atoms with E-state index in [1.165, 1.54) is 6.07 Å². The topological polar surface area (TPSA) is 109 Å². The van der Waals surface area contributed by atoms with Gasteiger partial charge in [-0.3, -0.25) is 4.79 Å². The van der Waals surface area contributed by atoms with Gasteiger partial charge in [0, 0.05) is 24.9 Å². The number of amides is 1. The number of hydrogen-bond acceptors (Lipinski definition) is 4. The Morgan fingerprint density at radius 2 is 2.05 bits per heavy atom. The van der Waals surface area contributed by atoms with Gasteiger partial charge >= 0.3 is 0 Å². The fourth-order valence-corrected chi connectivity index (χ4v) is 2.60. The van der Waals surface area contributed by atoms with Crippen LogP contribution in [0.25, 0.3) is 0 Å². The van der Waals surface area contributed by atoms with Gasteiger partial charge in [-0.15, -0.1) is 0 Å². The molecular formula is C13H16N2O4S. The van der Waals surface area contributed by atoms with Crippen LogP contribution < -0.4 is 10.5 Å². The average Bonchev–Trinajstić information content (AvgIpc) is 2.39. The van der Waals surface area contributed by atoms with Crippen molar-refractivity contribution in [1.29, 1.82) is 0 Å². The van der Waals surface area contributed by atoms with Crippen LogP contribution in [0.1, 0.15) is 18.4 Å². The molecule has 4 N–H and O–H groups in total. The van der Waals surface area contributed by atoms with Crippen molar-refractivity contribution in [3.05, 3.63) is 29.8 Å². The molecule has 0 aliphatic carbocycles. The minimum absolute atomic E-state index is 0.0370. The van der Waals surface area contributed by atoms with Crippen molar-refractivity contribution in [3.63, 3.8) is 0 Å². The molecule has 7 heteroatoms. The van der Waals surface area contributed by atoms with Crippen LogP contribution >= 0.6 is 0 Å². The van der Waals surface area contributed by atoms with Crippen LogP contribution in [-0.2, 0) is 14.8 Å². The Morgan fingerprint density at radius 3 is 2.70 bits per heavy atom. The van der Waals surface area contributed by atoms with Crippen molar-refractivity contribution in [1.82, 2.24) is 4.72 Å². The van der Waals surface area contributed by atoms with Crippen LogP contribution in [0.5, 0.6) is 0 Å². The number of benzene rings is 1. The highest BCUT2D eigenvalue weighted by Crippen LogP contribution is 2.14. The zero-order valence-corrected chi connectivity index (χ0v) is 11.6. The molecule has 0 heterocycles. The first-order valence-corrected chi connectivity index (χ1v) is 7.42. The number of carbonyl (C=O) groups excluding carboxylic acids is 1. The lowest BCUT2D eigenvalue weighted by Gasteiger charge is -2.07. The highest BCUT2D eigenvalue weighted by atomic mass is 32.2. The van der Waals surface area contributed by atoms with Crippen molar-refractivity contribution in [2.45, 2.75) is 17.7 Å². The Morgan fingerprint density at radius 1 is 1.35 bits per heavy atom. The summed E-state index contributed by atoms with van der Waals surface area (Å²) in [5, 5.41) is 8.66. The number of carbonyl (C=O) groups is 1. The van der Waals surface area contributed by atoms with Gasteiger partial charge in [-0.25, -0.2) is 13.1 Å². The molecule has 0 bridgehead atoms. The van der Waals surface area contributed by atoms with E-state index in [1.54, 1.807) is 18.2 Å². The minimum Gasteiger partial charge on any atom is -0.395 e. The van der Waals surface area contributed by atoms with Gasteiger partial charge < -0.3 is 10.8 Å². The molecule has 0 radical (unpaired) electrons. The van der Waals surface area contributed by atoms with E-state index in [2.05, 4.69) is 16.6 Å². The van der Waals surface area contributed by atoms with E-state index in [0.29, 0.717) is 5.56 Å². The van der Waals surface area contributed by atoms with E-state index >= 15 is 0 Å². The summed E-state index contributed by atoms with van der Waals surface area (Å²) in [6.07, 6.45) is 0.196. The first-order valence-electron chi connectivity index (χ1n) is 5.94. The monoisotopic (exact) mass is 296 g/mol. The smallest absolute Gasteiger partial charge is 0.241 e. The zero-order valence-electron chi connectivity index (χ0n) is 10.8. The maximum absolute atomic E-state index is 12.1. The van der Waals surface area contributed by atoms with Gasteiger partial charge in [0.25, 0.3) is 0 Å². The summed E-state index contributed by atoms with van der Waals surface area (Å²) in [6, 6.07) is 6.26. The molecule has 0 spiro atoms. The summed E-state index contributed by atoms with van der Waals surface area (Å²) >= 11 is 0. The Balaban J connectivity index is 2.95. The molecule has 0 saturated carbocycles. The number of primary amides is 1. The third-order valence-corrected chi connectivity index (χ3v) is 3.82. The molecule has 1 aromatic carbocycles. The largest absolute Gasteiger partial charge is 0.395 e. The normalized spacial score (nSPS) is 10.7. The molecule has 0 unspecified atom stereocenters. The van der Waals surface area contributed by atoms with Crippen LogP contribution in [0.15, 0.2) is 29.2 Å². The van der Waals surface area contributed by atoms with Crippen molar-refractivity contribution in [2.24, 2.45) is 5.73 Å². The predicted octanol–water partition coefficient (Wildman–Crippen LogP) is -0.426. The van der Waals surface area contributed by atoms with Gasteiger partial charge in [-0.1, -0.05) is 24.0 Å². The summed E-state index contributed by atoms with van der Waals surface area (Å²) < 4.78 is 26.5. The van der Waals surface area contributed by atoms with Crippen molar-refractivity contribution in [2.75, 3.05) is 13.2 Å². The summed E-state index contributed by atoms with van der Waals surface area (Å²) in [5.41, 5.74) is 5.29. The fourth-order valence-electron chi connectivity index (χ4n) is 1.40. The van der Waals surface area contributed by atoms with E-state index in [9.17, 15) is 13.2 Å². The molecule has 1 aromatic rings. The second-order valence-corrected chi connectivity index (χ2v) is 5.62. The molecule has 1 rings (SSSR count). The van der Waals surface area contributed by atoms with E-state index in [4.69, 9.17) is 10.8 Å². The number of nitrogens with two attached hydrogens (primary N) is 1. The summed E-state index contributed by atoms with van der Waals surface area (Å²) in [6.45, 7) is -0.144. The number of aliphatic hydroxyl groups excluding tert-OH is 1. The molecule has 0 aliphatic rings. The third kappa shape index (κ3) is 5.01. The van der Waals surface area contributed by atoms with Crippen LogP contribution in [0.2, 0.25) is 0 Å². The Hall–Kier alpha value is -1.88. The highest BCUT2D eigenvalue weighted by molar-refractivity contribution is 7.89. The lowest BCUT2D eigenvalue weighted by molar-refractivity contribution is -0.117. The lowest BCUT2D eigenvalue weighted by Crippen LogP contribution is -2.28. The Bertz CT molecular complexity index is 629. The van der Waals surface area contributed by atoms with E-state index in [1.807, 2.05) is 0 Å². The Kier molecular flexibility index (Phi) is 6.18. The second kappa shape index (κ2) is 7.65. The molecule has 6 nitrogen and oxygen atoms in total. The zero-order chi connectivity index (χ0) is 15.0. The van der Waals surface area contributed by atoms with Crippen LogP contribution in [-0.4, -0.2) is 32.6 Å². The predicted molar refractivity (Wildman–Crippen MR) is 74.0 cm³/mol. The van der Waals surface area contributed by atoms with Crippen molar-refractivity contribution in [3.8, 4) is 11.8 Å². The maximum atomic E-state index is 12.1. The van der Waals surface area contributed by atoms with E-state index in [0.717, 1.165) is 0 Å². The molecule has 0 saturated heterocycles. The molecule has 0 aromatic heterocycles. The third-order valence-electron chi connectivity index (χ3n) is 2.30. The second-order valence-electron chi connectivity index (χ2n) is 3.89. The lowest BCUT2D eigenvalue weighted by atomic mass is 10.2. The van der Waals surface area contributed by atoms with Gasteiger partial charge in [-0.2, -0.15) is 0 Å². The SMILES string of the molecule is NC(=O)CCNS(=O)(=O)c1ccccc1C#CCCO.